The number of aryl methyl sites for hydroxylation is 1. The van der Waals surface area contributed by atoms with E-state index in [4.69, 9.17) is 11.1 Å². The summed E-state index contributed by atoms with van der Waals surface area (Å²) in [5, 5.41) is 20.2. The highest BCUT2D eigenvalue weighted by Gasteiger charge is 2.21. The molecule has 0 bridgehead atoms. The van der Waals surface area contributed by atoms with Crippen molar-refractivity contribution >= 4 is 30.1 Å². The molecule has 1 aliphatic heterocycles. The molecule has 0 atom stereocenters. The normalized spacial score (nSPS) is 12.9. The molecule has 0 radical (unpaired) electrons. The summed E-state index contributed by atoms with van der Waals surface area (Å²) in [6, 6.07) is 9.59. The second-order valence-corrected chi connectivity index (χ2v) is 6.97. The molecule has 0 aromatic heterocycles. The molecule has 154 valence electrons. The SMILES string of the molecule is Cc1cc(C(=O)NCc2cc(C(=N)N)ccc2O)ccc1C(=O)N1CCCC1.Cl. The molecule has 1 saturated heterocycles. The van der Waals surface area contributed by atoms with Gasteiger partial charge in [0.25, 0.3) is 11.8 Å². The van der Waals surface area contributed by atoms with Gasteiger partial charge in [-0.3, -0.25) is 15.0 Å². The van der Waals surface area contributed by atoms with Crippen molar-refractivity contribution in [3.8, 4) is 5.75 Å². The molecule has 7 nitrogen and oxygen atoms in total. The largest absolute Gasteiger partial charge is 0.508 e. The maximum atomic E-state index is 12.6. The number of carbonyl (C=O) groups is 2. The molecule has 2 aromatic rings. The Kier molecular flexibility index (Phi) is 7.23. The summed E-state index contributed by atoms with van der Waals surface area (Å²) in [6.07, 6.45) is 2.06. The molecule has 1 aliphatic rings. The number of nitrogen functional groups attached to an aromatic ring is 1. The molecule has 3 rings (SSSR count). The van der Waals surface area contributed by atoms with Gasteiger partial charge in [0.1, 0.15) is 11.6 Å². The van der Waals surface area contributed by atoms with Crippen molar-refractivity contribution in [3.05, 3.63) is 64.2 Å². The summed E-state index contributed by atoms with van der Waals surface area (Å²) >= 11 is 0. The third-order valence-electron chi connectivity index (χ3n) is 4.94. The molecule has 0 spiro atoms. The first kappa shape index (κ1) is 22.2. The van der Waals surface area contributed by atoms with Crippen molar-refractivity contribution in [2.24, 2.45) is 5.73 Å². The van der Waals surface area contributed by atoms with Crippen LogP contribution in [0.2, 0.25) is 0 Å². The average Bonchev–Trinajstić information content (AvgIpc) is 3.21. The van der Waals surface area contributed by atoms with E-state index < -0.39 is 0 Å². The Labute approximate surface area is 175 Å². The van der Waals surface area contributed by atoms with Gasteiger partial charge in [0, 0.05) is 41.9 Å². The summed E-state index contributed by atoms with van der Waals surface area (Å²) in [5.41, 5.74) is 8.22. The van der Waals surface area contributed by atoms with E-state index >= 15 is 0 Å². The fourth-order valence-electron chi connectivity index (χ4n) is 3.31. The zero-order chi connectivity index (χ0) is 20.3. The van der Waals surface area contributed by atoms with Gasteiger partial charge in [0.15, 0.2) is 0 Å². The van der Waals surface area contributed by atoms with Gasteiger partial charge in [0.2, 0.25) is 0 Å². The number of hydrogen-bond acceptors (Lipinski definition) is 4. The first-order valence-corrected chi connectivity index (χ1v) is 9.21. The van der Waals surface area contributed by atoms with Crippen molar-refractivity contribution < 1.29 is 14.7 Å². The lowest BCUT2D eigenvalue weighted by Crippen LogP contribution is -2.28. The number of amidine groups is 1. The quantitative estimate of drug-likeness (QED) is 0.442. The van der Waals surface area contributed by atoms with Crippen LogP contribution < -0.4 is 11.1 Å². The number of halogens is 1. The molecule has 0 saturated carbocycles. The fraction of sp³-hybridized carbons (Fsp3) is 0.286. The van der Waals surface area contributed by atoms with E-state index in [1.165, 1.54) is 6.07 Å². The molecule has 8 heteroatoms. The predicted molar refractivity (Wildman–Crippen MR) is 114 cm³/mol. The molecular formula is C21H25ClN4O3. The van der Waals surface area contributed by atoms with E-state index in [0.29, 0.717) is 22.3 Å². The first-order valence-electron chi connectivity index (χ1n) is 9.21. The predicted octanol–water partition coefficient (Wildman–Crippen LogP) is 2.57. The highest BCUT2D eigenvalue weighted by Crippen LogP contribution is 2.20. The number of nitrogens with zero attached hydrogens (tertiary/aromatic N) is 1. The summed E-state index contributed by atoms with van der Waals surface area (Å²) in [5.74, 6) is -0.390. The zero-order valence-corrected chi connectivity index (χ0v) is 17.0. The van der Waals surface area contributed by atoms with E-state index in [2.05, 4.69) is 5.32 Å². The number of nitrogens with two attached hydrogens (primary N) is 1. The Morgan fingerprint density at radius 2 is 1.79 bits per heavy atom. The Morgan fingerprint density at radius 1 is 1.14 bits per heavy atom. The Hall–Kier alpha value is -3.06. The van der Waals surface area contributed by atoms with Crippen LogP contribution in [0.3, 0.4) is 0 Å². The van der Waals surface area contributed by atoms with Crippen molar-refractivity contribution in [1.82, 2.24) is 10.2 Å². The van der Waals surface area contributed by atoms with Gasteiger partial charge in [-0.05, 0) is 61.7 Å². The van der Waals surface area contributed by atoms with Gasteiger partial charge < -0.3 is 21.1 Å². The van der Waals surface area contributed by atoms with Crippen LogP contribution in [0.4, 0.5) is 0 Å². The molecule has 29 heavy (non-hydrogen) atoms. The van der Waals surface area contributed by atoms with E-state index in [1.54, 1.807) is 30.3 Å². The molecule has 2 aromatic carbocycles. The molecule has 2 amide bonds. The van der Waals surface area contributed by atoms with Crippen LogP contribution >= 0.6 is 12.4 Å². The monoisotopic (exact) mass is 416 g/mol. The van der Waals surface area contributed by atoms with Crippen LogP contribution in [0.15, 0.2) is 36.4 Å². The molecule has 0 aliphatic carbocycles. The smallest absolute Gasteiger partial charge is 0.254 e. The lowest BCUT2D eigenvalue weighted by Gasteiger charge is -2.17. The highest BCUT2D eigenvalue weighted by molar-refractivity contribution is 5.99. The number of phenols is 1. The first-order chi connectivity index (χ1) is 13.4. The standard InChI is InChI=1S/C21H24N4O3.ClH/c1-13-10-15(4-6-17(13)21(28)25-8-2-3-9-25)20(27)24-12-16-11-14(19(22)23)5-7-18(16)26;/h4-7,10-11,26H,2-3,8-9,12H2,1H3,(H3,22,23)(H,24,27);1H. The van der Waals surface area contributed by atoms with Gasteiger partial charge in [-0.25, -0.2) is 0 Å². The maximum absolute atomic E-state index is 12.6. The number of phenolic OH excluding ortho intramolecular Hbond substituents is 1. The number of amides is 2. The van der Waals surface area contributed by atoms with E-state index in [9.17, 15) is 14.7 Å². The highest BCUT2D eigenvalue weighted by atomic mass is 35.5. The second kappa shape index (κ2) is 9.43. The van der Waals surface area contributed by atoms with Crippen LogP contribution in [-0.2, 0) is 6.54 Å². The van der Waals surface area contributed by atoms with E-state index in [1.807, 2.05) is 11.8 Å². The Bertz CT molecular complexity index is 940. The Balaban J connectivity index is 0.00000300. The third-order valence-corrected chi connectivity index (χ3v) is 4.94. The van der Waals surface area contributed by atoms with Crippen LogP contribution in [-0.4, -0.2) is 40.7 Å². The van der Waals surface area contributed by atoms with E-state index in [0.717, 1.165) is 31.5 Å². The van der Waals surface area contributed by atoms with Crippen molar-refractivity contribution in [2.75, 3.05) is 13.1 Å². The van der Waals surface area contributed by atoms with Crippen LogP contribution in [0.25, 0.3) is 0 Å². The van der Waals surface area contributed by atoms with Crippen molar-refractivity contribution in [2.45, 2.75) is 26.3 Å². The van der Waals surface area contributed by atoms with Gasteiger partial charge >= 0.3 is 0 Å². The van der Waals surface area contributed by atoms with Crippen molar-refractivity contribution in [1.29, 1.82) is 5.41 Å². The summed E-state index contributed by atoms with van der Waals surface area (Å²) in [6.45, 7) is 3.48. The minimum atomic E-state index is -0.309. The van der Waals surface area contributed by atoms with Crippen LogP contribution in [0.5, 0.6) is 5.75 Å². The Morgan fingerprint density at radius 3 is 2.41 bits per heavy atom. The molecular weight excluding hydrogens is 392 g/mol. The number of rotatable bonds is 5. The zero-order valence-electron chi connectivity index (χ0n) is 16.2. The van der Waals surface area contributed by atoms with Crippen LogP contribution in [0, 0.1) is 12.3 Å². The van der Waals surface area contributed by atoms with Crippen LogP contribution in [0.1, 0.15) is 50.2 Å². The van der Waals surface area contributed by atoms with Gasteiger partial charge in [-0.2, -0.15) is 0 Å². The number of benzene rings is 2. The number of aromatic hydroxyl groups is 1. The van der Waals surface area contributed by atoms with Gasteiger partial charge in [-0.15, -0.1) is 12.4 Å². The summed E-state index contributed by atoms with van der Waals surface area (Å²) < 4.78 is 0. The lowest BCUT2D eigenvalue weighted by molar-refractivity contribution is 0.0791. The number of nitrogens with one attached hydrogen (secondary N) is 2. The number of likely N-dealkylation sites (tertiary alicyclic amines) is 1. The topological polar surface area (TPSA) is 120 Å². The second-order valence-electron chi connectivity index (χ2n) is 6.97. The fourth-order valence-corrected chi connectivity index (χ4v) is 3.31. The molecule has 1 heterocycles. The number of hydrogen-bond donors (Lipinski definition) is 4. The minimum absolute atomic E-state index is 0. The van der Waals surface area contributed by atoms with Gasteiger partial charge in [-0.1, -0.05) is 0 Å². The lowest BCUT2D eigenvalue weighted by atomic mass is 10.0. The molecule has 5 N–H and O–H groups in total. The molecule has 0 unspecified atom stereocenters. The van der Waals surface area contributed by atoms with E-state index in [-0.39, 0.29) is 42.4 Å². The summed E-state index contributed by atoms with van der Waals surface area (Å²) in [7, 11) is 0. The minimum Gasteiger partial charge on any atom is -0.508 e. The summed E-state index contributed by atoms with van der Waals surface area (Å²) in [4.78, 5) is 26.9. The third kappa shape index (κ3) is 5.06. The number of carbonyl (C=O) groups excluding carboxylic acids is 2. The maximum Gasteiger partial charge on any atom is 0.254 e. The van der Waals surface area contributed by atoms with Crippen molar-refractivity contribution in [3.63, 3.8) is 0 Å². The molecule has 1 fully saturated rings. The van der Waals surface area contributed by atoms with Gasteiger partial charge in [0.05, 0.1) is 0 Å². The average molecular weight is 417 g/mol.